The number of aliphatic hydroxyl groups is 2. The van der Waals surface area contributed by atoms with Gasteiger partial charge in [-0.15, -0.1) is 0 Å². The smallest absolute Gasteiger partial charge is 0.196 e. The van der Waals surface area contributed by atoms with Crippen LogP contribution in [-0.2, 0) is 4.84 Å². The van der Waals surface area contributed by atoms with Gasteiger partial charge in [-0.1, -0.05) is 22.9 Å². The highest BCUT2D eigenvalue weighted by molar-refractivity contribution is 5.89. The summed E-state index contributed by atoms with van der Waals surface area (Å²) >= 11 is 0. The van der Waals surface area contributed by atoms with Crippen LogP contribution in [0.4, 0.5) is 24.5 Å². The Labute approximate surface area is 148 Å². The Hall–Kier alpha value is -2.58. The Morgan fingerprint density at radius 3 is 2.58 bits per heavy atom. The molecule has 0 saturated carbocycles. The Balaban J connectivity index is 2.34. The molecule has 2 aromatic carbocycles. The van der Waals surface area contributed by atoms with E-state index in [9.17, 15) is 13.2 Å². The predicted octanol–water partition coefficient (Wildman–Crippen LogP) is 3.17. The minimum absolute atomic E-state index is 0.0835. The minimum atomic E-state index is -1.61. The maximum atomic E-state index is 14.3. The quantitative estimate of drug-likeness (QED) is 0.399. The third-order valence-corrected chi connectivity index (χ3v) is 3.58. The molecule has 26 heavy (non-hydrogen) atoms. The van der Waals surface area contributed by atoms with Crippen molar-refractivity contribution in [3.05, 3.63) is 58.4 Å². The Morgan fingerprint density at radius 2 is 1.92 bits per heavy atom. The normalized spacial score (nSPS) is 12.4. The number of aliphatic hydroxyl groups excluding tert-OH is 2. The zero-order chi connectivity index (χ0) is 19.3. The van der Waals surface area contributed by atoms with Crippen LogP contribution in [0.25, 0.3) is 0 Å². The fourth-order valence-corrected chi connectivity index (χ4v) is 2.21. The van der Waals surface area contributed by atoms with E-state index in [1.807, 2.05) is 13.0 Å². The van der Waals surface area contributed by atoms with Crippen molar-refractivity contribution in [3.63, 3.8) is 0 Å². The number of rotatable bonds is 7. The van der Waals surface area contributed by atoms with E-state index in [-0.39, 0.29) is 17.9 Å². The van der Waals surface area contributed by atoms with Crippen LogP contribution in [0.1, 0.15) is 16.7 Å². The Morgan fingerprint density at radius 1 is 1.19 bits per heavy atom. The predicted molar refractivity (Wildman–Crippen MR) is 92.2 cm³/mol. The highest BCUT2D eigenvalue weighted by atomic mass is 19.2. The lowest BCUT2D eigenvalue weighted by Crippen LogP contribution is -2.17. The van der Waals surface area contributed by atoms with Crippen molar-refractivity contribution in [3.8, 4) is 0 Å². The minimum Gasteiger partial charge on any atom is -0.394 e. The van der Waals surface area contributed by atoms with Gasteiger partial charge in [0.15, 0.2) is 17.5 Å². The molecular weight excluding hydrogens is 349 g/mol. The number of nitrogens with zero attached hydrogens (tertiary/aromatic N) is 1. The summed E-state index contributed by atoms with van der Waals surface area (Å²) in [7, 11) is 0. The van der Waals surface area contributed by atoms with Crippen molar-refractivity contribution in [2.24, 2.45) is 5.16 Å². The van der Waals surface area contributed by atoms with Gasteiger partial charge in [0, 0.05) is 11.3 Å². The number of benzene rings is 2. The molecule has 0 saturated heterocycles. The molecule has 1 unspecified atom stereocenters. The van der Waals surface area contributed by atoms with Gasteiger partial charge in [0.2, 0.25) is 0 Å². The lowest BCUT2D eigenvalue weighted by atomic mass is 10.1. The van der Waals surface area contributed by atoms with Crippen LogP contribution >= 0.6 is 0 Å². The molecule has 0 bridgehead atoms. The van der Waals surface area contributed by atoms with Gasteiger partial charge >= 0.3 is 0 Å². The van der Waals surface area contributed by atoms with Crippen LogP contribution in [0.5, 0.6) is 0 Å². The van der Waals surface area contributed by atoms with E-state index in [0.717, 1.165) is 23.4 Å². The van der Waals surface area contributed by atoms with Gasteiger partial charge in [0.05, 0.1) is 18.5 Å². The molecule has 1 atom stereocenters. The zero-order valence-electron chi connectivity index (χ0n) is 14.3. The molecule has 140 valence electrons. The summed E-state index contributed by atoms with van der Waals surface area (Å²) in [5, 5.41) is 24.1. The molecule has 0 fully saturated rings. The van der Waals surface area contributed by atoms with Gasteiger partial charge < -0.3 is 20.4 Å². The summed E-state index contributed by atoms with van der Waals surface area (Å²) in [6.45, 7) is 2.86. The van der Waals surface area contributed by atoms with Crippen molar-refractivity contribution < 1.29 is 28.2 Å². The number of anilines is 2. The standard InChI is InChI=1S/C18H19F3N2O3/c1-10-3-4-15(11(2)5-10)23-18-12(6-14(19)16(20)17(18)21)7-22-26-9-13(25)8-24/h3-7,13,23-25H,8-9H2,1-2H3/b22-7+. The number of nitrogens with one attached hydrogen (secondary N) is 1. The largest absolute Gasteiger partial charge is 0.394 e. The summed E-state index contributed by atoms with van der Waals surface area (Å²) in [5.41, 5.74) is 1.92. The molecule has 0 spiro atoms. The molecule has 0 aliphatic rings. The number of hydrogen-bond donors (Lipinski definition) is 3. The second-order valence-electron chi connectivity index (χ2n) is 5.76. The molecule has 5 nitrogen and oxygen atoms in total. The number of hydrogen-bond acceptors (Lipinski definition) is 5. The van der Waals surface area contributed by atoms with Crippen LogP contribution in [-0.4, -0.2) is 35.7 Å². The summed E-state index contributed by atoms with van der Waals surface area (Å²) < 4.78 is 41.5. The Bertz CT molecular complexity index is 813. The molecule has 2 aromatic rings. The van der Waals surface area contributed by atoms with E-state index in [2.05, 4.69) is 10.5 Å². The van der Waals surface area contributed by atoms with E-state index in [4.69, 9.17) is 15.1 Å². The first-order chi connectivity index (χ1) is 12.3. The summed E-state index contributed by atoms with van der Waals surface area (Å²) in [4.78, 5) is 4.74. The van der Waals surface area contributed by atoms with Gasteiger partial charge in [0.25, 0.3) is 0 Å². The highest BCUT2D eigenvalue weighted by Crippen LogP contribution is 2.29. The number of oxime groups is 1. The Kier molecular flexibility index (Phi) is 6.59. The topological polar surface area (TPSA) is 74.1 Å². The van der Waals surface area contributed by atoms with Gasteiger partial charge in [-0.05, 0) is 31.5 Å². The summed E-state index contributed by atoms with van der Waals surface area (Å²) in [6.07, 6.45) is -0.150. The van der Waals surface area contributed by atoms with Gasteiger partial charge in [-0.25, -0.2) is 13.2 Å². The maximum absolute atomic E-state index is 14.3. The second kappa shape index (κ2) is 8.68. The molecule has 0 heterocycles. The molecule has 8 heteroatoms. The van der Waals surface area contributed by atoms with Crippen molar-refractivity contribution >= 4 is 17.6 Å². The molecule has 2 rings (SSSR count). The van der Waals surface area contributed by atoms with E-state index in [0.29, 0.717) is 5.69 Å². The van der Waals surface area contributed by atoms with Crippen LogP contribution in [0, 0.1) is 31.3 Å². The van der Waals surface area contributed by atoms with Crippen molar-refractivity contribution in [1.82, 2.24) is 0 Å². The first-order valence-corrected chi connectivity index (χ1v) is 7.79. The monoisotopic (exact) mass is 368 g/mol. The van der Waals surface area contributed by atoms with E-state index in [1.54, 1.807) is 19.1 Å². The van der Waals surface area contributed by atoms with Gasteiger partial charge in [0.1, 0.15) is 12.7 Å². The fourth-order valence-electron chi connectivity index (χ4n) is 2.21. The lowest BCUT2D eigenvalue weighted by molar-refractivity contribution is 0.00884. The molecule has 0 aliphatic heterocycles. The average molecular weight is 368 g/mol. The zero-order valence-corrected chi connectivity index (χ0v) is 14.3. The van der Waals surface area contributed by atoms with Gasteiger partial charge in [-0.2, -0.15) is 0 Å². The van der Waals surface area contributed by atoms with Crippen LogP contribution in [0.15, 0.2) is 29.4 Å². The first-order valence-electron chi connectivity index (χ1n) is 7.79. The third-order valence-electron chi connectivity index (χ3n) is 3.58. The molecule has 3 N–H and O–H groups in total. The average Bonchev–Trinajstić information content (AvgIpc) is 2.61. The van der Waals surface area contributed by atoms with Crippen LogP contribution < -0.4 is 5.32 Å². The van der Waals surface area contributed by atoms with Crippen molar-refractivity contribution in [2.75, 3.05) is 18.5 Å². The fraction of sp³-hybridized carbons (Fsp3) is 0.278. The van der Waals surface area contributed by atoms with Gasteiger partial charge in [-0.3, -0.25) is 0 Å². The molecular formula is C18H19F3N2O3. The lowest BCUT2D eigenvalue weighted by Gasteiger charge is -2.14. The molecule has 0 amide bonds. The molecule has 0 aliphatic carbocycles. The first kappa shape index (κ1) is 19.7. The molecule has 0 radical (unpaired) electrons. The van der Waals surface area contributed by atoms with Crippen molar-refractivity contribution in [2.45, 2.75) is 20.0 Å². The summed E-state index contributed by atoms with van der Waals surface area (Å²) in [5.74, 6) is -4.36. The van der Waals surface area contributed by atoms with Crippen molar-refractivity contribution in [1.29, 1.82) is 0 Å². The maximum Gasteiger partial charge on any atom is 0.196 e. The van der Waals surface area contributed by atoms with E-state index in [1.165, 1.54) is 0 Å². The van der Waals surface area contributed by atoms with E-state index < -0.39 is 30.2 Å². The van der Waals surface area contributed by atoms with Crippen LogP contribution in [0.2, 0.25) is 0 Å². The van der Waals surface area contributed by atoms with Crippen LogP contribution in [0.3, 0.4) is 0 Å². The summed E-state index contributed by atoms with van der Waals surface area (Å²) in [6, 6.07) is 6.12. The number of halogens is 3. The molecule has 0 aromatic heterocycles. The highest BCUT2D eigenvalue weighted by Gasteiger charge is 2.19. The number of aryl methyl sites for hydroxylation is 2. The SMILES string of the molecule is Cc1ccc(Nc2c(/C=N/OCC(O)CO)cc(F)c(F)c2F)c(C)c1. The second-order valence-corrected chi connectivity index (χ2v) is 5.76. The van der Waals surface area contributed by atoms with E-state index >= 15 is 0 Å². The third kappa shape index (κ3) is 4.74.